The van der Waals surface area contributed by atoms with Gasteiger partial charge in [0, 0.05) is 49.7 Å². The van der Waals surface area contributed by atoms with E-state index in [1.165, 1.54) is 15.8 Å². The van der Waals surface area contributed by atoms with E-state index < -0.39 is 0 Å². The summed E-state index contributed by atoms with van der Waals surface area (Å²) in [7, 11) is 6.00. The van der Waals surface area contributed by atoms with E-state index in [0.717, 1.165) is 31.9 Å². The lowest BCUT2D eigenvalue weighted by Crippen LogP contribution is -2.40. The van der Waals surface area contributed by atoms with Crippen molar-refractivity contribution in [2.24, 2.45) is 7.05 Å². The van der Waals surface area contributed by atoms with Crippen molar-refractivity contribution in [1.29, 1.82) is 0 Å². The molecule has 5 heteroatoms. The Balaban J connectivity index is 1.89. The highest BCUT2D eigenvalue weighted by atomic mass is 32.2. The topological polar surface area (TPSA) is 20.6 Å². The van der Waals surface area contributed by atoms with Crippen LogP contribution >= 0.6 is 11.9 Å². The Kier molecular flexibility index (Phi) is 3.92. The van der Waals surface area contributed by atoms with Crippen molar-refractivity contribution in [1.82, 2.24) is 13.8 Å². The molecule has 0 radical (unpaired) electrons. The van der Waals surface area contributed by atoms with Crippen molar-refractivity contribution in [2.45, 2.75) is 4.90 Å². The molecule has 0 unspecified atom stereocenters. The lowest BCUT2D eigenvalue weighted by molar-refractivity contribution is 0.233. The summed E-state index contributed by atoms with van der Waals surface area (Å²) >= 11 is 1.87. The molecule has 2 aromatic rings. The summed E-state index contributed by atoms with van der Waals surface area (Å²) in [6.45, 7) is 4.51. The molecule has 0 bridgehead atoms. The number of para-hydroxylation sites is 1. The number of nitrogens with zero attached hydrogens (tertiary/aromatic N) is 3. The second-order valence-electron chi connectivity index (χ2n) is 5.28. The molecular formula is C15H21N3OS. The first-order chi connectivity index (χ1) is 9.69. The van der Waals surface area contributed by atoms with Gasteiger partial charge < -0.3 is 14.2 Å². The number of ether oxygens (including phenoxy) is 1. The molecule has 20 heavy (non-hydrogen) atoms. The van der Waals surface area contributed by atoms with Crippen LogP contribution in [0.15, 0.2) is 29.3 Å². The van der Waals surface area contributed by atoms with Crippen LogP contribution in [0.5, 0.6) is 5.75 Å². The summed E-state index contributed by atoms with van der Waals surface area (Å²) in [5.74, 6) is 0.940. The highest BCUT2D eigenvalue weighted by molar-refractivity contribution is 7.97. The Morgan fingerprint density at radius 1 is 1.10 bits per heavy atom. The molecule has 108 valence electrons. The SMILES string of the molecule is COc1cccc2c(SN3CCN(C)CC3)cn(C)c12. The van der Waals surface area contributed by atoms with E-state index in [-0.39, 0.29) is 0 Å². The van der Waals surface area contributed by atoms with E-state index in [4.69, 9.17) is 4.74 Å². The maximum Gasteiger partial charge on any atom is 0.143 e. The molecule has 1 aromatic heterocycles. The number of aromatic nitrogens is 1. The maximum atomic E-state index is 5.48. The first-order valence-corrected chi connectivity index (χ1v) is 7.70. The third kappa shape index (κ3) is 2.53. The quantitative estimate of drug-likeness (QED) is 0.809. The van der Waals surface area contributed by atoms with Gasteiger partial charge in [0.15, 0.2) is 0 Å². The summed E-state index contributed by atoms with van der Waals surface area (Å²) in [5.41, 5.74) is 1.17. The molecule has 0 aliphatic carbocycles. The van der Waals surface area contributed by atoms with Gasteiger partial charge in [-0.25, -0.2) is 4.31 Å². The molecule has 4 nitrogen and oxygen atoms in total. The van der Waals surface area contributed by atoms with Gasteiger partial charge in [0.05, 0.1) is 12.6 Å². The van der Waals surface area contributed by atoms with Crippen molar-refractivity contribution in [2.75, 3.05) is 40.3 Å². The van der Waals surface area contributed by atoms with E-state index in [2.05, 4.69) is 46.2 Å². The van der Waals surface area contributed by atoms with Crippen molar-refractivity contribution in [3.05, 3.63) is 24.4 Å². The molecular weight excluding hydrogens is 270 g/mol. The number of likely N-dealkylation sites (N-methyl/N-ethyl adjacent to an activating group) is 1. The Hall–Kier alpha value is -1.17. The molecule has 1 aliphatic rings. The zero-order valence-corrected chi connectivity index (χ0v) is 13.1. The average Bonchev–Trinajstić information content (AvgIpc) is 2.78. The Labute approximate surface area is 124 Å². The largest absolute Gasteiger partial charge is 0.495 e. The second kappa shape index (κ2) is 5.68. The van der Waals surface area contributed by atoms with Crippen LogP contribution in [0, 0.1) is 0 Å². The van der Waals surface area contributed by atoms with E-state index in [0.29, 0.717) is 0 Å². The lowest BCUT2D eigenvalue weighted by Gasteiger charge is -2.31. The fraction of sp³-hybridized carbons (Fsp3) is 0.467. The molecule has 0 saturated carbocycles. The van der Waals surface area contributed by atoms with E-state index >= 15 is 0 Å². The molecule has 1 saturated heterocycles. The summed E-state index contributed by atoms with van der Waals surface area (Å²) in [4.78, 5) is 3.69. The van der Waals surface area contributed by atoms with Crippen LogP contribution in [0.3, 0.4) is 0 Å². The molecule has 2 heterocycles. The van der Waals surface area contributed by atoms with Crippen molar-refractivity contribution < 1.29 is 4.74 Å². The van der Waals surface area contributed by atoms with Crippen LogP contribution < -0.4 is 4.74 Å². The smallest absolute Gasteiger partial charge is 0.143 e. The summed E-state index contributed by atoms with van der Waals surface area (Å²) < 4.78 is 10.1. The summed E-state index contributed by atoms with van der Waals surface area (Å²) in [5, 5.41) is 1.27. The minimum atomic E-state index is 0.940. The van der Waals surface area contributed by atoms with Gasteiger partial charge in [0.2, 0.25) is 0 Å². The fourth-order valence-corrected chi connectivity index (χ4v) is 3.74. The molecule has 0 atom stereocenters. The van der Waals surface area contributed by atoms with Gasteiger partial charge in [0.25, 0.3) is 0 Å². The summed E-state index contributed by atoms with van der Waals surface area (Å²) in [6.07, 6.45) is 2.20. The number of piperazine rings is 1. The molecule has 3 rings (SSSR count). The van der Waals surface area contributed by atoms with Crippen LogP contribution in [-0.4, -0.2) is 54.1 Å². The number of hydrogen-bond acceptors (Lipinski definition) is 4. The van der Waals surface area contributed by atoms with Crippen molar-refractivity contribution >= 4 is 22.9 Å². The van der Waals surface area contributed by atoms with E-state index in [1.54, 1.807) is 7.11 Å². The number of benzene rings is 1. The van der Waals surface area contributed by atoms with Crippen molar-refractivity contribution in [3.8, 4) is 5.75 Å². The third-order valence-corrected chi connectivity index (χ3v) is 4.98. The second-order valence-corrected chi connectivity index (χ2v) is 6.42. The number of hydrogen-bond donors (Lipinski definition) is 0. The fourth-order valence-electron chi connectivity index (χ4n) is 2.65. The molecule has 1 aliphatic heterocycles. The van der Waals surface area contributed by atoms with E-state index in [9.17, 15) is 0 Å². The van der Waals surface area contributed by atoms with Gasteiger partial charge in [-0.2, -0.15) is 0 Å². The molecule has 0 spiro atoms. The predicted octanol–water partition coefficient (Wildman–Crippen LogP) is 2.44. The standard InChI is InChI=1S/C15H21N3OS/c1-16-7-9-18(10-8-16)20-14-11-17(2)15-12(14)5-4-6-13(15)19-3/h4-6,11H,7-10H2,1-3H3. The van der Waals surface area contributed by atoms with Gasteiger partial charge in [0.1, 0.15) is 5.75 Å². The molecule has 1 fully saturated rings. The van der Waals surface area contributed by atoms with Crippen LogP contribution in [-0.2, 0) is 7.05 Å². The van der Waals surface area contributed by atoms with Crippen molar-refractivity contribution in [3.63, 3.8) is 0 Å². The monoisotopic (exact) mass is 291 g/mol. The van der Waals surface area contributed by atoms with Gasteiger partial charge >= 0.3 is 0 Å². The molecule has 0 N–H and O–H groups in total. The average molecular weight is 291 g/mol. The molecule has 1 aromatic carbocycles. The number of fused-ring (bicyclic) bond motifs is 1. The van der Waals surface area contributed by atoms with Gasteiger partial charge in [-0.05, 0) is 25.1 Å². The minimum Gasteiger partial charge on any atom is -0.495 e. The van der Waals surface area contributed by atoms with Gasteiger partial charge in [-0.15, -0.1) is 0 Å². The Morgan fingerprint density at radius 3 is 2.55 bits per heavy atom. The van der Waals surface area contributed by atoms with E-state index in [1.807, 2.05) is 18.0 Å². The maximum absolute atomic E-state index is 5.48. The first-order valence-electron chi connectivity index (χ1n) is 6.92. The predicted molar refractivity (Wildman–Crippen MR) is 84.4 cm³/mol. The highest BCUT2D eigenvalue weighted by Crippen LogP contribution is 2.36. The van der Waals surface area contributed by atoms with Crippen LogP contribution in [0.1, 0.15) is 0 Å². The zero-order valence-electron chi connectivity index (χ0n) is 12.3. The minimum absolute atomic E-state index is 0.940. The van der Waals surface area contributed by atoms with Crippen LogP contribution in [0.2, 0.25) is 0 Å². The highest BCUT2D eigenvalue weighted by Gasteiger charge is 2.18. The van der Waals surface area contributed by atoms with Gasteiger partial charge in [-0.1, -0.05) is 12.1 Å². The number of rotatable bonds is 3. The van der Waals surface area contributed by atoms with Gasteiger partial charge in [-0.3, -0.25) is 0 Å². The first kappa shape index (κ1) is 13.8. The third-order valence-electron chi connectivity index (χ3n) is 3.84. The van der Waals surface area contributed by atoms with Crippen LogP contribution in [0.4, 0.5) is 0 Å². The summed E-state index contributed by atoms with van der Waals surface area (Å²) in [6, 6.07) is 6.26. The zero-order chi connectivity index (χ0) is 14.1. The Bertz CT molecular complexity index is 602. The number of aryl methyl sites for hydroxylation is 1. The van der Waals surface area contributed by atoms with Crippen LogP contribution in [0.25, 0.3) is 10.9 Å². The molecule has 0 amide bonds. The Morgan fingerprint density at radius 2 is 1.85 bits per heavy atom. The number of methoxy groups -OCH3 is 1. The normalized spacial score (nSPS) is 17.8. The lowest BCUT2D eigenvalue weighted by atomic mass is 10.2.